The molecule has 0 aliphatic carbocycles. The van der Waals surface area contributed by atoms with Crippen molar-refractivity contribution in [2.75, 3.05) is 26.5 Å². The number of ether oxygens (including phenoxy) is 3. The number of hydrogen-bond donors (Lipinski definition) is 1. The Morgan fingerprint density at radius 3 is 2.86 bits per heavy atom. The predicted molar refractivity (Wildman–Crippen MR) is 123 cm³/mol. The van der Waals surface area contributed by atoms with Gasteiger partial charge in [0.1, 0.15) is 12.4 Å². The van der Waals surface area contributed by atoms with Crippen LogP contribution in [0.15, 0.2) is 42.5 Å². The summed E-state index contributed by atoms with van der Waals surface area (Å²) >= 11 is 0. The van der Waals surface area contributed by atoms with E-state index in [0.29, 0.717) is 24.7 Å². The van der Waals surface area contributed by atoms with Crippen LogP contribution in [0, 0.1) is 5.82 Å². The molecule has 0 saturated carbocycles. The van der Waals surface area contributed by atoms with Crippen LogP contribution >= 0.6 is 0 Å². The quantitative estimate of drug-likeness (QED) is 0.474. The first-order valence-electron chi connectivity index (χ1n) is 11.6. The highest BCUT2D eigenvalue weighted by Gasteiger charge is 2.23. The van der Waals surface area contributed by atoms with Crippen LogP contribution in [-0.4, -0.2) is 69.5 Å². The number of hydrogen-bond acceptors (Lipinski definition) is 8. The van der Waals surface area contributed by atoms with Gasteiger partial charge in [0.25, 0.3) is 0 Å². The Kier molecular flexibility index (Phi) is 7.03. The highest BCUT2D eigenvalue weighted by atomic mass is 19.1. The molecule has 2 aromatic carbocycles. The Morgan fingerprint density at radius 2 is 2.03 bits per heavy atom. The van der Waals surface area contributed by atoms with E-state index in [1.807, 2.05) is 6.07 Å². The van der Waals surface area contributed by atoms with Crippen LogP contribution < -0.4 is 14.8 Å². The summed E-state index contributed by atoms with van der Waals surface area (Å²) in [5.41, 5.74) is 0.944. The number of nitrogens with zero attached hydrogens (tertiary/aromatic N) is 5. The first-order valence-corrected chi connectivity index (χ1v) is 11.6. The number of benzene rings is 2. The number of carbonyl (C=O) groups is 2. The molecule has 2 amide bonds. The van der Waals surface area contributed by atoms with Crippen LogP contribution in [0.5, 0.6) is 11.5 Å². The molecule has 2 aliphatic heterocycles. The minimum atomic E-state index is -0.490. The number of halogens is 1. The van der Waals surface area contributed by atoms with E-state index in [4.69, 9.17) is 14.2 Å². The van der Waals surface area contributed by atoms with Gasteiger partial charge in [0.05, 0.1) is 18.2 Å². The lowest BCUT2D eigenvalue weighted by atomic mass is 10.2. The van der Waals surface area contributed by atoms with Gasteiger partial charge in [-0.1, -0.05) is 18.2 Å². The van der Waals surface area contributed by atoms with Crippen molar-refractivity contribution in [3.8, 4) is 22.9 Å². The van der Waals surface area contributed by atoms with Crippen LogP contribution in [-0.2, 0) is 27.4 Å². The van der Waals surface area contributed by atoms with E-state index in [9.17, 15) is 14.0 Å². The van der Waals surface area contributed by atoms with Gasteiger partial charge in [-0.3, -0.25) is 9.59 Å². The van der Waals surface area contributed by atoms with Gasteiger partial charge in [-0.25, -0.2) is 4.39 Å². The average Bonchev–Trinajstić information content (AvgIpc) is 3.64. The molecule has 1 unspecified atom stereocenters. The molecule has 0 bridgehead atoms. The molecule has 11 nitrogen and oxygen atoms in total. The molecule has 3 heterocycles. The van der Waals surface area contributed by atoms with Gasteiger partial charge in [-0.05, 0) is 47.9 Å². The van der Waals surface area contributed by atoms with Gasteiger partial charge in [0, 0.05) is 19.7 Å². The fourth-order valence-electron chi connectivity index (χ4n) is 4.04. The zero-order valence-electron chi connectivity index (χ0n) is 19.4. The van der Waals surface area contributed by atoms with Crippen molar-refractivity contribution in [1.82, 2.24) is 30.4 Å². The topological polar surface area (TPSA) is 121 Å². The maximum atomic E-state index is 14.1. The second-order valence-electron chi connectivity index (χ2n) is 8.50. The van der Waals surface area contributed by atoms with Crippen molar-refractivity contribution >= 4 is 11.8 Å². The molecule has 12 heteroatoms. The highest BCUT2D eigenvalue weighted by Crippen LogP contribution is 2.32. The smallest absolute Gasteiger partial charge is 0.247 e. The Balaban J connectivity index is 1.28. The molecular weight excluding hydrogens is 471 g/mol. The fraction of sp³-hybridized carbons (Fsp3) is 0.375. The minimum absolute atomic E-state index is 0.0110. The SMILES string of the molecule is O=C(CN(Cc1ccc2c(c1)OCO2)C(=O)Cn1nnc(-c2ccccc2F)n1)NCC1CCCO1. The number of fused-ring (bicyclic) bond motifs is 1. The van der Waals surface area contributed by atoms with E-state index in [1.54, 1.807) is 24.3 Å². The van der Waals surface area contributed by atoms with Gasteiger partial charge < -0.3 is 24.4 Å². The van der Waals surface area contributed by atoms with Crippen LogP contribution in [0.2, 0.25) is 0 Å². The van der Waals surface area contributed by atoms with Gasteiger partial charge >= 0.3 is 0 Å². The van der Waals surface area contributed by atoms with E-state index < -0.39 is 11.7 Å². The monoisotopic (exact) mass is 496 g/mol. The molecule has 5 rings (SSSR count). The van der Waals surface area contributed by atoms with Crippen LogP contribution in [0.3, 0.4) is 0 Å². The van der Waals surface area contributed by atoms with Crippen LogP contribution in [0.1, 0.15) is 18.4 Å². The molecule has 1 N–H and O–H groups in total. The fourth-order valence-corrected chi connectivity index (χ4v) is 4.04. The summed E-state index contributed by atoms with van der Waals surface area (Å²) in [6.45, 7) is 0.920. The minimum Gasteiger partial charge on any atom is -0.454 e. The van der Waals surface area contributed by atoms with Gasteiger partial charge in [-0.2, -0.15) is 4.80 Å². The molecule has 3 aromatic rings. The molecule has 1 fully saturated rings. The van der Waals surface area contributed by atoms with Crippen LogP contribution in [0.4, 0.5) is 4.39 Å². The summed E-state index contributed by atoms with van der Waals surface area (Å²) < 4.78 is 30.4. The van der Waals surface area contributed by atoms with E-state index in [0.717, 1.165) is 23.2 Å². The number of carbonyl (C=O) groups excluding carboxylic acids is 2. The normalized spacial score (nSPS) is 16.2. The Bertz CT molecular complexity index is 1250. The number of nitrogens with one attached hydrogen (secondary N) is 1. The van der Waals surface area contributed by atoms with Crippen molar-refractivity contribution in [2.24, 2.45) is 0 Å². The second-order valence-corrected chi connectivity index (χ2v) is 8.50. The second kappa shape index (κ2) is 10.7. The van der Waals surface area contributed by atoms with Gasteiger partial charge in [0.2, 0.25) is 24.4 Å². The van der Waals surface area contributed by atoms with Gasteiger partial charge in [-0.15, -0.1) is 10.2 Å². The molecule has 1 saturated heterocycles. The molecule has 2 aliphatic rings. The third-order valence-electron chi connectivity index (χ3n) is 5.89. The summed E-state index contributed by atoms with van der Waals surface area (Å²) in [4.78, 5) is 28.4. The van der Waals surface area contributed by atoms with Crippen LogP contribution in [0.25, 0.3) is 11.4 Å². The summed E-state index contributed by atoms with van der Waals surface area (Å²) in [7, 11) is 0. The third-order valence-corrected chi connectivity index (χ3v) is 5.89. The number of aromatic nitrogens is 4. The number of tetrazole rings is 1. The van der Waals surface area contributed by atoms with E-state index >= 15 is 0 Å². The molecule has 1 atom stereocenters. The summed E-state index contributed by atoms with van der Waals surface area (Å²) in [5, 5.41) is 14.7. The first kappa shape index (κ1) is 23.7. The average molecular weight is 496 g/mol. The van der Waals surface area contributed by atoms with Crippen molar-refractivity contribution in [3.63, 3.8) is 0 Å². The van der Waals surface area contributed by atoms with Gasteiger partial charge in [0.15, 0.2) is 11.5 Å². The van der Waals surface area contributed by atoms with E-state index in [-0.39, 0.29) is 49.8 Å². The standard InChI is InChI=1S/C24H25FN6O5/c25-19-6-2-1-5-18(19)24-27-29-31(28-24)14-23(33)30(13-22(32)26-11-17-4-3-9-34-17)12-16-7-8-20-21(10-16)36-15-35-20/h1-2,5-8,10,17H,3-4,9,11-15H2,(H,26,32). The Morgan fingerprint density at radius 1 is 1.17 bits per heavy atom. The number of amides is 2. The van der Waals surface area contributed by atoms with Crippen molar-refractivity contribution < 1.29 is 28.2 Å². The van der Waals surface area contributed by atoms with Crippen molar-refractivity contribution in [1.29, 1.82) is 0 Å². The largest absolute Gasteiger partial charge is 0.454 e. The van der Waals surface area contributed by atoms with E-state index in [1.165, 1.54) is 17.0 Å². The number of rotatable bonds is 9. The molecular formula is C24H25FN6O5. The molecule has 0 radical (unpaired) electrons. The molecule has 188 valence electrons. The molecule has 1 aromatic heterocycles. The lowest BCUT2D eigenvalue weighted by Crippen LogP contribution is -2.43. The maximum Gasteiger partial charge on any atom is 0.247 e. The summed E-state index contributed by atoms with van der Waals surface area (Å²) in [6.07, 6.45) is 1.85. The van der Waals surface area contributed by atoms with Crippen molar-refractivity contribution in [2.45, 2.75) is 32.0 Å². The Hall–Kier alpha value is -4.06. The maximum absolute atomic E-state index is 14.1. The molecule has 36 heavy (non-hydrogen) atoms. The van der Waals surface area contributed by atoms with E-state index in [2.05, 4.69) is 20.7 Å². The lowest BCUT2D eigenvalue weighted by Gasteiger charge is -2.22. The summed E-state index contributed by atoms with van der Waals surface area (Å²) in [6, 6.07) is 11.4. The Labute approximate surface area is 206 Å². The zero-order chi connectivity index (χ0) is 24.9. The lowest BCUT2D eigenvalue weighted by molar-refractivity contribution is -0.137. The third kappa shape index (κ3) is 5.60. The first-order chi connectivity index (χ1) is 17.5. The summed E-state index contributed by atoms with van der Waals surface area (Å²) in [5.74, 6) is 0.0671. The highest BCUT2D eigenvalue weighted by molar-refractivity contribution is 5.84. The molecule has 0 spiro atoms. The van der Waals surface area contributed by atoms with Crippen molar-refractivity contribution in [3.05, 3.63) is 53.8 Å². The zero-order valence-corrected chi connectivity index (χ0v) is 19.4. The predicted octanol–water partition coefficient (Wildman–Crippen LogP) is 1.53.